The molecule has 0 aromatic heterocycles. The van der Waals surface area contributed by atoms with Gasteiger partial charge in [-0.1, -0.05) is 45.9 Å². The highest BCUT2D eigenvalue weighted by atomic mass is 16.3. The molecule has 0 aromatic carbocycles. The van der Waals surface area contributed by atoms with Crippen LogP contribution >= 0.6 is 0 Å². The van der Waals surface area contributed by atoms with Crippen molar-refractivity contribution in [1.82, 2.24) is 0 Å². The van der Waals surface area contributed by atoms with Crippen molar-refractivity contribution in [1.29, 1.82) is 0 Å². The van der Waals surface area contributed by atoms with Crippen LogP contribution in [0.5, 0.6) is 0 Å². The molecule has 0 radical (unpaired) electrons. The number of aliphatic hydroxyl groups excluding tert-OH is 1. The summed E-state index contributed by atoms with van der Waals surface area (Å²) in [5.74, 6) is 0.505. The Hall–Kier alpha value is -0.560. The Balaban J connectivity index is 2.25. The Bertz CT molecular complexity index is 326. The second kappa shape index (κ2) is 3.73. The largest absolute Gasteiger partial charge is 0.388 e. The molecule has 0 saturated heterocycles. The summed E-state index contributed by atoms with van der Waals surface area (Å²) in [5, 5.41) is 9.94. The van der Waals surface area contributed by atoms with Crippen LogP contribution in [-0.2, 0) is 0 Å². The lowest BCUT2D eigenvalue weighted by molar-refractivity contribution is 0.0473. The molecule has 16 heavy (non-hydrogen) atoms. The summed E-state index contributed by atoms with van der Waals surface area (Å²) in [7, 11) is 0. The molecule has 0 amide bonds. The molecule has 1 saturated carbocycles. The van der Waals surface area contributed by atoms with Crippen LogP contribution in [0.15, 0.2) is 24.3 Å². The zero-order valence-electron chi connectivity index (χ0n) is 10.8. The maximum Gasteiger partial charge on any atom is 0.0790 e. The number of rotatable bonds is 1. The zero-order valence-corrected chi connectivity index (χ0v) is 10.8. The van der Waals surface area contributed by atoms with Gasteiger partial charge in [-0.05, 0) is 41.6 Å². The van der Waals surface area contributed by atoms with Crippen molar-refractivity contribution < 1.29 is 5.11 Å². The Labute approximate surface area is 99.3 Å². The molecule has 0 heterocycles. The number of hydrogen-bond acceptors (Lipinski definition) is 1. The summed E-state index contributed by atoms with van der Waals surface area (Å²) >= 11 is 0. The normalized spacial score (nSPS) is 42.6. The van der Waals surface area contributed by atoms with E-state index in [9.17, 15) is 5.11 Å². The number of hydrogen-bond donors (Lipinski definition) is 1. The molecule has 1 N–H and O–H groups in total. The quantitative estimate of drug-likeness (QED) is 0.714. The fraction of sp³-hybridized carbons (Fsp3) is 0.733. The number of aliphatic hydroxyl groups is 1. The van der Waals surface area contributed by atoms with Crippen molar-refractivity contribution in [2.24, 2.45) is 16.7 Å². The second-order valence-corrected chi connectivity index (χ2v) is 6.45. The molecule has 2 aliphatic carbocycles. The molecule has 0 aliphatic heterocycles. The monoisotopic (exact) mass is 220 g/mol. The average molecular weight is 220 g/mol. The lowest BCUT2D eigenvalue weighted by atomic mass is 9.59. The van der Waals surface area contributed by atoms with E-state index in [2.05, 4.69) is 33.4 Å². The molecule has 3 atom stereocenters. The van der Waals surface area contributed by atoms with Crippen LogP contribution in [0.1, 0.15) is 46.5 Å². The molecule has 1 heteroatoms. The molecule has 2 aliphatic rings. The zero-order chi connectivity index (χ0) is 12.0. The molecular formula is C15H24O. The third-order valence-electron chi connectivity index (χ3n) is 5.31. The van der Waals surface area contributed by atoms with E-state index in [0.29, 0.717) is 16.7 Å². The first-order valence-corrected chi connectivity index (χ1v) is 6.42. The van der Waals surface area contributed by atoms with Crippen molar-refractivity contribution in [3.05, 3.63) is 24.3 Å². The smallest absolute Gasteiger partial charge is 0.0790 e. The fourth-order valence-corrected chi connectivity index (χ4v) is 3.50. The molecule has 1 fully saturated rings. The van der Waals surface area contributed by atoms with Gasteiger partial charge in [0.1, 0.15) is 0 Å². The first kappa shape index (κ1) is 11.9. The molecule has 1 nitrogen and oxygen atoms in total. The van der Waals surface area contributed by atoms with Crippen molar-refractivity contribution >= 4 is 0 Å². The van der Waals surface area contributed by atoms with Gasteiger partial charge in [-0.15, -0.1) is 0 Å². The van der Waals surface area contributed by atoms with E-state index >= 15 is 0 Å². The molecule has 2 rings (SSSR count). The lowest BCUT2D eigenvalue weighted by Gasteiger charge is -2.45. The van der Waals surface area contributed by atoms with Crippen molar-refractivity contribution in [2.75, 3.05) is 0 Å². The first-order valence-electron chi connectivity index (χ1n) is 6.42. The van der Waals surface area contributed by atoms with E-state index in [1.165, 1.54) is 19.3 Å². The Kier molecular flexibility index (Phi) is 2.78. The highest BCUT2D eigenvalue weighted by Crippen LogP contribution is 2.58. The van der Waals surface area contributed by atoms with E-state index in [4.69, 9.17) is 0 Å². The summed E-state index contributed by atoms with van der Waals surface area (Å²) in [6.45, 7) is 11.0. The molecule has 0 spiro atoms. The Morgan fingerprint density at radius 3 is 2.50 bits per heavy atom. The molecule has 0 unspecified atom stereocenters. The van der Waals surface area contributed by atoms with E-state index < -0.39 is 0 Å². The van der Waals surface area contributed by atoms with Gasteiger partial charge in [-0.3, -0.25) is 0 Å². The maximum atomic E-state index is 9.94. The van der Waals surface area contributed by atoms with E-state index in [1.54, 1.807) is 0 Å². The topological polar surface area (TPSA) is 20.2 Å². The van der Waals surface area contributed by atoms with Gasteiger partial charge in [0.05, 0.1) is 6.10 Å². The summed E-state index contributed by atoms with van der Waals surface area (Å²) in [6, 6.07) is 0. The minimum absolute atomic E-state index is 0.330. The highest BCUT2D eigenvalue weighted by molar-refractivity contribution is 5.25. The number of allylic oxidation sites excluding steroid dienone is 1. The van der Waals surface area contributed by atoms with Crippen LogP contribution in [-0.4, -0.2) is 11.2 Å². The predicted molar refractivity (Wildman–Crippen MR) is 68.1 cm³/mol. The van der Waals surface area contributed by atoms with Crippen LogP contribution in [0, 0.1) is 16.7 Å². The van der Waals surface area contributed by atoms with Gasteiger partial charge in [-0.25, -0.2) is 0 Å². The Morgan fingerprint density at radius 1 is 1.31 bits per heavy atom. The predicted octanol–water partition coefficient (Wildman–Crippen LogP) is 3.70. The van der Waals surface area contributed by atoms with Gasteiger partial charge in [0.2, 0.25) is 0 Å². The van der Waals surface area contributed by atoms with Gasteiger partial charge in [0, 0.05) is 0 Å². The maximum absolute atomic E-state index is 9.94. The summed E-state index contributed by atoms with van der Waals surface area (Å²) < 4.78 is 0. The van der Waals surface area contributed by atoms with Crippen molar-refractivity contribution in [2.45, 2.75) is 52.6 Å². The van der Waals surface area contributed by atoms with Gasteiger partial charge >= 0.3 is 0 Å². The average Bonchev–Trinajstić information content (AvgIpc) is 2.47. The summed E-state index contributed by atoms with van der Waals surface area (Å²) in [6.07, 6.45) is 8.75. The Morgan fingerprint density at radius 2 is 2.00 bits per heavy atom. The molecular weight excluding hydrogens is 196 g/mol. The van der Waals surface area contributed by atoms with Crippen LogP contribution < -0.4 is 0 Å². The standard InChI is InChI=1S/C15H24O/c1-11-6-7-12(10-13(11)16)15(4)9-5-8-14(15,2)3/h6-7,12-13,16H,1,5,8-10H2,2-4H3/t12-,13+,15+/m1/s1. The van der Waals surface area contributed by atoms with Crippen LogP contribution in [0.2, 0.25) is 0 Å². The lowest BCUT2D eigenvalue weighted by Crippen LogP contribution is -2.39. The van der Waals surface area contributed by atoms with E-state index in [1.807, 2.05) is 6.08 Å². The minimum atomic E-state index is -0.330. The third-order valence-corrected chi connectivity index (χ3v) is 5.31. The molecule has 90 valence electrons. The third kappa shape index (κ3) is 1.66. The van der Waals surface area contributed by atoms with E-state index in [-0.39, 0.29) is 6.10 Å². The fourth-order valence-electron chi connectivity index (χ4n) is 3.50. The van der Waals surface area contributed by atoms with E-state index in [0.717, 1.165) is 12.0 Å². The SMILES string of the molecule is C=C1C=C[C@@H]([C@]2(C)CCCC2(C)C)C[C@@H]1O. The van der Waals surface area contributed by atoms with Crippen molar-refractivity contribution in [3.8, 4) is 0 Å². The second-order valence-electron chi connectivity index (χ2n) is 6.45. The van der Waals surface area contributed by atoms with Crippen LogP contribution in [0.25, 0.3) is 0 Å². The van der Waals surface area contributed by atoms with Gasteiger partial charge in [0.15, 0.2) is 0 Å². The summed E-state index contributed by atoms with van der Waals surface area (Å²) in [5.41, 5.74) is 1.60. The van der Waals surface area contributed by atoms with Crippen LogP contribution in [0.4, 0.5) is 0 Å². The molecule has 0 bridgehead atoms. The highest BCUT2D eigenvalue weighted by Gasteiger charge is 2.49. The molecule has 0 aromatic rings. The minimum Gasteiger partial charge on any atom is -0.388 e. The summed E-state index contributed by atoms with van der Waals surface area (Å²) in [4.78, 5) is 0. The van der Waals surface area contributed by atoms with Gasteiger partial charge < -0.3 is 5.11 Å². The van der Waals surface area contributed by atoms with Gasteiger partial charge in [-0.2, -0.15) is 0 Å². The van der Waals surface area contributed by atoms with Gasteiger partial charge in [0.25, 0.3) is 0 Å². The van der Waals surface area contributed by atoms with Crippen LogP contribution in [0.3, 0.4) is 0 Å². The van der Waals surface area contributed by atoms with Crippen molar-refractivity contribution in [3.63, 3.8) is 0 Å². The first-order chi connectivity index (χ1) is 7.37.